The highest BCUT2D eigenvalue weighted by molar-refractivity contribution is 8.15. The first-order chi connectivity index (χ1) is 11.8. The molecule has 1 aromatic rings. The number of phenolic OH excluding ortho intramolecular Hbond substituents is 1. The molecule has 1 saturated heterocycles. The fourth-order valence-corrected chi connectivity index (χ4v) is 2.84. The van der Waals surface area contributed by atoms with Gasteiger partial charge in [-0.25, -0.2) is 4.79 Å². The first-order valence-electron chi connectivity index (χ1n) is 7.19. The number of carboxylic acid groups (broad SMARTS) is 1. The molecule has 1 aliphatic heterocycles. The summed E-state index contributed by atoms with van der Waals surface area (Å²) in [6.07, 6.45) is -0.162. The summed E-state index contributed by atoms with van der Waals surface area (Å²) in [5.74, 6) is -2.42. The maximum atomic E-state index is 12.1. The van der Waals surface area contributed by atoms with Gasteiger partial charge in [-0.05, 0) is 32.0 Å². The Labute approximate surface area is 147 Å². The van der Waals surface area contributed by atoms with E-state index in [1.54, 1.807) is 13.8 Å². The molecule has 4 N–H and O–H groups in total. The zero-order chi connectivity index (χ0) is 18.6. The largest absolute Gasteiger partial charge is 0.508 e. The Morgan fingerprint density at radius 1 is 1.36 bits per heavy atom. The number of rotatable bonds is 5. The normalized spacial score (nSPS) is 17.9. The topological polar surface area (TPSA) is 140 Å². The minimum absolute atomic E-state index is 0.0406. The van der Waals surface area contributed by atoms with E-state index in [9.17, 15) is 19.5 Å². The van der Waals surface area contributed by atoms with E-state index in [-0.39, 0.29) is 29.3 Å². The van der Waals surface area contributed by atoms with Crippen LogP contribution in [0.15, 0.2) is 28.4 Å². The van der Waals surface area contributed by atoms with Crippen molar-refractivity contribution in [2.24, 2.45) is 10.2 Å². The zero-order valence-electron chi connectivity index (χ0n) is 13.4. The number of aromatic hydroxyl groups is 1. The molecule has 2 rings (SSSR count). The summed E-state index contributed by atoms with van der Waals surface area (Å²) >= 11 is 1.08. The van der Waals surface area contributed by atoms with Crippen LogP contribution in [0.5, 0.6) is 5.75 Å². The molecule has 1 fully saturated rings. The lowest BCUT2D eigenvalue weighted by Crippen LogP contribution is -2.28. The summed E-state index contributed by atoms with van der Waals surface area (Å²) in [6.45, 7) is 3.52. The number of hydrogen-bond acceptors (Lipinski definition) is 7. The maximum Gasteiger partial charge on any atom is 0.337 e. The number of carboxylic acids is 1. The van der Waals surface area contributed by atoms with Crippen LogP contribution in [-0.4, -0.2) is 44.1 Å². The van der Waals surface area contributed by atoms with Crippen LogP contribution in [0.25, 0.3) is 0 Å². The van der Waals surface area contributed by atoms with Crippen LogP contribution in [0, 0.1) is 0 Å². The minimum atomic E-state index is -1.29. The van der Waals surface area contributed by atoms with Gasteiger partial charge in [-0.1, -0.05) is 11.8 Å². The molecule has 10 heteroatoms. The summed E-state index contributed by atoms with van der Waals surface area (Å²) in [5, 5.41) is 30.7. The van der Waals surface area contributed by atoms with Gasteiger partial charge in [-0.2, -0.15) is 5.10 Å². The van der Waals surface area contributed by atoms with Gasteiger partial charge in [0.15, 0.2) is 5.17 Å². The Kier molecular flexibility index (Phi) is 5.75. The van der Waals surface area contributed by atoms with Crippen molar-refractivity contribution in [3.05, 3.63) is 23.8 Å². The summed E-state index contributed by atoms with van der Waals surface area (Å²) in [6, 6.07) is 3.57. The zero-order valence-corrected chi connectivity index (χ0v) is 14.3. The number of thioether (sulfide) groups is 1. The van der Waals surface area contributed by atoms with E-state index >= 15 is 0 Å². The molecule has 1 atom stereocenters. The molecule has 1 unspecified atom stereocenters. The smallest absolute Gasteiger partial charge is 0.337 e. The van der Waals surface area contributed by atoms with E-state index in [4.69, 9.17) is 5.11 Å². The maximum absolute atomic E-state index is 12.1. The molecular formula is C15H16N4O5S. The Balaban J connectivity index is 2.04. The van der Waals surface area contributed by atoms with Crippen LogP contribution in [0.1, 0.15) is 30.6 Å². The van der Waals surface area contributed by atoms with Crippen molar-refractivity contribution >= 4 is 46.1 Å². The predicted molar refractivity (Wildman–Crippen MR) is 94.1 cm³/mol. The van der Waals surface area contributed by atoms with Gasteiger partial charge in [0.1, 0.15) is 11.0 Å². The van der Waals surface area contributed by atoms with Crippen molar-refractivity contribution in [1.29, 1.82) is 0 Å². The molecule has 2 amide bonds. The van der Waals surface area contributed by atoms with Crippen molar-refractivity contribution in [3.63, 3.8) is 0 Å². The third-order valence-electron chi connectivity index (χ3n) is 3.00. The van der Waals surface area contributed by atoms with Crippen molar-refractivity contribution in [1.82, 2.24) is 5.32 Å². The fourth-order valence-electron chi connectivity index (χ4n) is 1.92. The minimum Gasteiger partial charge on any atom is -0.508 e. The molecule has 0 saturated carbocycles. The molecule has 0 spiro atoms. The van der Waals surface area contributed by atoms with Crippen LogP contribution >= 0.6 is 11.8 Å². The molecule has 25 heavy (non-hydrogen) atoms. The van der Waals surface area contributed by atoms with Crippen LogP contribution < -0.4 is 10.6 Å². The first-order valence-corrected chi connectivity index (χ1v) is 8.06. The van der Waals surface area contributed by atoms with E-state index in [2.05, 4.69) is 20.8 Å². The van der Waals surface area contributed by atoms with Gasteiger partial charge >= 0.3 is 5.97 Å². The van der Waals surface area contributed by atoms with Gasteiger partial charge in [-0.3, -0.25) is 9.59 Å². The van der Waals surface area contributed by atoms with Gasteiger partial charge in [0.25, 0.3) is 0 Å². The summed E-state index contributed by atoms with van der Waals surface area (Å²) in [5.41, 5.74) is 0.516. The number of anilines is 1. The van der Waals surface area contributed by atoms with Crippen LogP contribution in [-0.2, 0) is 9.59 Å². The molecule has 0 aromatic heterocycles. The summed E-state index contributed by atoms with van der Waals surface area (Å²) < 4.78 is 0. The number of amides is 2. The second-order valence-corrected chi connectivity index (χ2v) is 6.53. The summed E-state index contributed by atoms with van der Waals surface area (Å²) in [7, 11) is 0. The Bertz CT molecular complexity index is 786. The Morgan fingerprint density at radius 2 is 2.08 bits per heavy atom. The van der Waals surface area contributed by atoms with E-state index in [0.29, 0.717) is 5.17 Å². The lowest BCUT2D eigenvalue weighted by molar-refractivity contribution is -0.122. The van der Waals surface area contributed by atoms with Crippen LogP contribution in [0.2, 0.25) is 0 Å². The third kappa shape index (κ3) is 5.05. The van der Waals surface area contributed by atoms with E-state index in [1.807, 2.05) is 0 Å². The number of amidine groups is 1. The Morgan fingerprint density at radius 3 is 2.72 bits per heavy atom. The number of benzene rings is 1. The highest BCUT2D eigenvalue weighted by Crippen LogP contribution is 2.25. The fraction of sp³-hybridized carbons (Fsp3) is 0.267. The Hall–Kier alpha value is -2.88. The molecule has 0 radical (unpaired) electrons. The highest BCUT2D eigenvalue weighted by Gasteiger charge is 2.32. The van der Waals surface area contributed by atoms with Gasteiger partial charge in [-0.15, -0.1) is 5.10 Å². The quantitative estimate of drug-likeness (QED) is 0.354. The monoisotopic (exact) mass is 364 g/mol. The molecule has 0 aliphatic carbocycles. The molecule has 1 aliphatic rings. The average molecular weight is 364 g/mol. The number of nitrogens with one attached hydrogen (secondary N) is 2. The second-order valence-electron chi connectivity index (χ2n) is 5.34. The molecule has 1 aromatic carbocycles. The number of hydrogen-bond donors (Lipinski definition) is 4. The van der Waals surface area contributed by atoms with E-state index in [0.717, 1.165) is 23.5 Å². The number of nitrogens with zero attached hydrogens (tertiary/aromatic N) is 2. The molecule has 1 heterocycles. The average Bonchev–Trinajstić information content (AvgIpc) is 2.87. The highest BCUT2D eigenvalue weighted by atomic mass is 32.2. The van der Waals surface area contributed by atoms with E-state index < -0.39 is 17.1 Å². The van der Waals surface area contributed by atoms with Gasteiger partial charge in [0.05, 0.1) is 11.3 Å². The van der Waals surface area contributed by atoms with Gasteiger partial charge < -0.3 is 20.8 Å². The third-order valence-corrected chi connectivity index (χ3v) is 4.07. The number of carbonyl (C=O) groups excluding carboxylic acids is 2. The predicted octanol–water partition coefficient (Wildman–Crippen LogP) is 1.40. The number of phenols is 1. The van der Waals surface area contributed by atoms with Crippen molar-refractivity contribution in [2.45, 2.75) is 25.5 Å². The molecule has 9 nitrogen and oxygen atoms in total. The first kappa shape index (κ1) is 18.5. The van der Waals surface area contributed by atoms with Crippen molar-refractivity contribution < 1.29 is 24.6 Å². The van der Waals surface area contributed by atoms with Crippen molar-refractivity contribution in [3.8, 4) is 5.75 Å². The lowest BCUT2D eigenvalue weighted by atomic mass is 10.1. The SMILES string of the molecule is CC(C)=N/N=C1\NC(=O)C(CC(=O)Nc2ccc(O)cc2C(=O)O)S1. The lowest BCUT2D eigenvalue weighted by Gasteiger charge is -2.10. The standard InChI is InChI=1S/C15H16N4O5S/c1-7(2)18-19-15-17-13(22)11(25-15)6-12(21)16-10-4-3-8(20)5-9(10)14(23)24/h3-5,11,20H,6H2,1-2H3,(H,16,21)(H,23,24)(H,17,19,22). The van der Waals surface area contributed by atoms with Gasteiger partial charge in [0.2, 0.25) is 11.8 Å². The summed E-state index contributed by atoms with van der Waals surface area (Å²) in [4.78, 5) is 35.2. The van der Waals surface area contributed by atoms with Crippen LogP contribution in [0.4, 0.5) is 5.69 Å². The number of aromatic carboxylic acids is 1. The molecule has 132 valence electrons. The van der Waals surface area contributed by atoms with E-state index in [1.165, 1.54) is 12.1 Å². The van der Waals surface area contributed by atoms with Gasteiger partial charge in [0, 0.05) is 12.1 Å². The second kappa shape index (κ2) is 7.79. The molecule has 0 bridgehead atoms. The van der Waals surface area contributed by atoms with Crippen LogP contribution in [0.3, 0.4) is 0 Å². The number of carbonyl (C=O) groups is 3. The molecular weight excluding hydrogens is 348 g/mol. The van der Waals surface area contributed by atoms with Crippen molar-refractivity contribution in [2.75, 3.05) is 5.32 Å².